The summed E-state index contributed by atoms with van der Waals surface area (Å²) >= 11 is 0. The minimum atomic E-state index is -0.462. The van der Waals surface area contributed by atoms with Crippen molar-refractivity contribution in [2.24, 2.45) is 0 Å². The maximum atomic E-state index is 12.7. The highest BCUT2D eigenvalue weighted by atomic mass is 16.6. The number of hydrogen-bond donors (Lipinski definition) is 0. The van der Waals surface area contributed by atoms with Crippen molar-refractivity contribution in [1.82, 2.24) is 4.90 Å². The van der Waals surface area contributed by atoms with Crippen LogP contribution in [0.5, 0.6) is 0 Å². The Kier molecular flexibility index (Phi) is 6.23. The van der Waals surface area contributed by atoms with Crippen molar-refractivity contribution in [3.05, 3.63) is 28.3 Å². The predicted molar refractivity (Wildman–Crippen MR) is 114 cm³/mol. The minimum Gasteiger partial charge on any atom is -0.444 e. The molecule has 0 aliphatic carbocycles. The van der Waals surface area contributed by atoms with E-state index in [1.165, 1.54) is 34.4 Å². The van der Waals surface area contributed by atoms with Gasteiger partial charge in [0.15, 0.2) is 0 Å². The Morgan fingerprint density at radius 1 is 1.25 bits per heavy atom. The van der Waals surface area contributed by atoms with Gasteiger partial charge < -0.3 is 19.3 Å². The molecule has 28 heavy (non-hydrogen) atoms. The van der Waals surface area contributed by atoms with Crippen molar-refractivity contribution < 1.29 is 14.3 Å². The number of ether oxygens (including phenoxy) is 2. The third-order valence-electron chi connectivity index (χ3n) is 5.85. The molecule has 156 valence electrons. The number of methoxy groups -OCH3 is 1. The van der Waals surface area contributed by atoms with Crippen LogP contribution in [0, 0.1) is 6.92 Å². The van der Waals surface area contributed by atoms with Crippen LogP contribution in [0.3, 0.4) is 0 Å². The van der Waals surface area contributed by atoms with Crippen LogP contribution in [0.4, 0.5) is 10.5 Å². The van der Waals surface area contributed by atoms with E-state index in [2.05, 4.69) is 24.8 Å². The van der Waals surface area contributed by atoms with E-state index in [0.29, 0.717) is 19.0 Å². The van der Waals surface area contributed by atoms with Gasteiger partial charge in [-0.2, -0.15) is 0 Å². The number of rotatable bonds is 3. The molecule has 1 atom stereocenters. The molecule has 0 saturated heterocycles. The Labute approximate surface area is 170 Å². The molecule has 0 bridgehead atoms. The number of carbonyl (C=O) groups is 1. The first kappa shape index (κ1) is 21.0. The molecule has 2 aliphatic rings. The van der Waals surface area contributed by atoms with E-state index in [1.807, 2.05) is 25.7 Å². The topological polar surface area (TPSA) is 42.0 Å². The van der Waals surface area contributed by atoms with E-state index >= 15 is 0 Å². The number of hydrogen-bond acceptors (Lipinski definition) is 4. The average Bonchev–Trinajstić information content (AvgIpc) is 2.78. The third kappa shape index (κ3) is 4.45. The molecule has 0 aromatic heterocycles. The van der Waals surface area contributed by atoms with E-state index < -0.39 is 5.60 Å². The lowest BCUT2D eigenvalue weighted by Gasteiger charge is -2.35. The number of nitrogens with zero attached hydrogens (tertiary/aromatic N) is 2. The molecule has 2 aliphatic heterocycles. The van der Waals surface area contributed by atoms with Gasteiger partial charge in [0.1, 0.15) is 5.60 Å². The maximum absolute atomic E-state index is 12.7. The molecule has 1 aromatic rings. The van der Waals surface area contributed by atoms with Crippen molar-refractivity contribution in [3.63, 3.8) is 0 Å². The van der Waals surface area contributed by atoms with Gasteiger partial charge in [-0.25, -0.2) is 4.79 Å². The van der Waals surface area contributed by atoms with Crippen LogP contribution < -0.4 is 4.90 Å². The van der Waals surface area contributed by atoms with Crippen molar-refractivity contribution in [3.8, 4) is 0 Å². The first-order valence-corrected chi connectivity index (χ1v) is 10.6. The molecule has 3 rings (SSSR count). The quantitative estimate of drug-likeness (QED) is 0.775. The van der Waals surface area contributed by atoms with Crippen LogP contribution >= 0.6 is 0 Å². The van der Waals surface area contributed by atoms with Gasteiger partial charge in [0.2, 0.25) is 0 Å². The highest BCUT2D eigenvalue weighted by Crippen LogP contribution is 2.38. The summed E-state index contributed by atoms with van der Waals surface area (Å²) < 4.78 is 11.0. The standard InChI is InChI=1S/C23H36N2O3/c1-16-15-25(22(26)28-23(3,4)5)11-9-19-17(2)21-18(14-20(16)19)8-7-10-24(21)12-13-27-6/h14,16H,7-13,15H2,1-6H3. The Hall–Kier alpha value is -1.75. The molecule has 1 amide bonds. The second kappa shape index (κ2) is 8.32. The first-order valence-electron chi connectivity index (χ1n) is 10.6. The molecular formula is C23H36N2O3. The number of fused-ring (bicyclic) bond motifs is 2. The van der Waals surface area contributed by atoms with Crippen molar-refractivity contribution >= 4 is 11.8 Å². The zero-order chi connectivity index (χ0) is 20.5. The summed E-state index contributed by atoms with van der Waals surface area (Å²) in [6.45, 7) is 14.5. The molecule has 5 nitrogen and oxygen atoms in total. The van der Waals surface area contributed by atoms with Crippen LogP contribution in [0.25, 0.3) is 0 Å². The fourth-order valence-electron chi connectivity index (χ4n) is 4.60. The SMILES string of the molecule is COCCN1CCCc2cc3c(c(C)c21)CCN(C(=O)OC(C)(C)C)CC3C. The lowest BCUT2D eigenvalue weighted by atomic mass is 9.85. The van der Waals surface area contributed by atoms with Gasteiger partial charge in [-0.3, -0.25) is 0 Å². The largest absolute Gasteiger partial charge is 0.444 e. The Balaban J connectivity index is 1.89. The van der Waals surface area contributed by atoms with E-state index in [1.54, 1.807) is 7.11 Å². The highest BCUT2D eigenvalue weighted by molar-refractivity contribution is 5.70. The highest BCUT2D eigenvalue weighted by Gasteiger charge is 2.30. The number of carbonyl (C=O) groups excluding carboxylic acids is 1. The van der Waals surface area contributed by atoms with Crippen LogP contribution in [0.2, 0.25) is 0 Å². The summed E-state index contributed by atoms with van der Waals surface area (Å²) in [5.41, 5.74) is 6.62. The summed E-state index contributed by atoms with van der Waals surface area (Å²) in [6.07, 6.45) is 3.01. The molecule has 5 heteroatoms. The first-order chi connectivity index (χ1) is 13.2. The van der Waals surface area contributed by atoms with Crippen molar-refractivity contribution in [2.45, 2.75) is 65.4 Å². The van der Waals surface area contributed by atoms with Crippen LogP contribution in [-0.2, 0) is 22.3 Å². The smallest absolute Gasteiger partial charge is 0.410 e. The molecular weight excluding hydrogens is 352 g/mol. The molecule has 0 saturated carbocycles. The lowest BCUT2D eigenvalue weighted by Crippen LogP contribution is -2.38. The zero-order valence-corrected chi connectivity index (χ0v) is 18.4. The van der Waals surface area contributed by atoms with Gasteiger partial charge in [-0.1, -0.05) is 13.0 Å². The van der Waals surface area contributed by atoms with Gasteiger partial charge in [0.25, 0.3) is 0 Å². The van der Waals surface area contributed by atoms with Gasteiger partial charge in [0, 0.05) is 39.0 Å². The maximum Gasteiger partial charge on any atom is 0.410 e. The Bertz CT molecular complexity index is 724. The molecule has 1 unspecified atom stereocenters. The van der Waals surface area contributed by atoms with E-state index in [9.17, 15) is 4.79 Å². The van der Waals surface area contributed by atoms with Crippen LogP contribution in [0.15, 0.2) is 6.07 Å². The lowest BCUT2D eigenvalue weighted by molar-refractivity contribution is 0.0248. The average molecular weight is 389 g/mol. The van der Waals surface area contributed by atoms with Crippen molar-refractivity contribution in [2.75, 3.05) is 44.8 Å². The van der Waals surface area contributed by atoms with E-state index in [0.717, 1.165) is 32.5 Å². The molecule has 1 aromatic carbocycles. The monoisotopic (exact) mass is 388 g/mol. The van der Waals surface area contributed by atoms with Crippen LogP contribution in [0.1, 0.15) is 62.3 Å². The second-order valence-electron chi connectivity index (χ2n) is 9.24. The fourth-order valence-corrected chi connectivity index (χ4v) is 4.60. The minimum absolute atomic E-state index is 0.198. The van der Waals surface area contributed by atoms with Gasteiger partial charge in [0.05, 0.1) is 6.61 Å². The van der Waals surface area contributed by atoms with Gasteiger partial charge >= 0.3 is 6.09 Å². The van der Waals surface area contributed by atoms with Crippen LogP contribution in [-0.4, -0.2) is 56.5 Å². The summed E-state index contributed by atoms with van der Waals surface area (Å²) in [5.74, 6) is 0.309. The van der Waals surface area contributed by atoms with Gasteiger partial charge in [-0.15, -0.1) is 0 Å². The summed E-state index contributed by atoms with van der Waals surface area (Å²) in [7, 11) is 1.77. The van der Waals surface area contributed by atoms with E-state index in [4.69, 9.17) is 9.47 Å². The Morgan fingerprint density at radius 3 is 2.68 bits per heavy atom. The molecule has 0 spiro atoms. The molecule has 2 heterocycles. The second-order valence-corrected chi connectivity index (χ2v) is 9.24. The summed E-state index contributed by atoms with van der Waals surface area (Å²) in [6, 6.07) is 2.42. The Morgan fingerprint density at radius 2 is 2.00 bits per heavy atom. The number of anilines is 1. The fraction of sp³-hybridized carbons (Fsp3) is 0.696. The molecule has 0 fully saturated rings. The number of benzene rings is 1. The number of amides is 1. The normalized spacial score (nSPS) is 19.7. The zero-order valence-electron chi connectivity index (χ0n) is 18.4. The third-order valence-corrected chi connectivity index (χ3v) is 5.85. The predicted octanol–water partition coefficient (Wildman–Crippen LogP) is 4.29. The van der Waals surface area contributed by atoms with E-state index in [-0.39, 0.29) is 6.09 Å². The molecule has 0 radical (unpaired) electrons. The summed E-state index contributed by atoms with van der Waals surface area (Å²) in [5, 5.41) is 0. The molecule has 0 N–H and O–H groups in total. The van der Waals surface area contributed by atoms with Crippen molar-refractivity contribution in [1.29, 1.82) is 0 Å². The number of aryl methyl sites for hydroxylation is 1. The summed E-state index contributed by atoms with van der Waals surface area (Å²) in [4.78, 5) is 17.0. The van der Waals surface area contributed by atoms with Gasteiger partial charge in [-0.05, 0) is 75.1 Å².